The van der Waals surface area contributed by atoms with E-state index in [0.717, 1.165) is 11.4 Å². The SMILES string of the molecule is Cc1ccc(C2=NSSN2)cc1. The normalized spacial score (nSPS) is 15.6. The maximum Gasteiger partial charge on any atom is 0.152 e. The lowest BCUT2D eigenvalue weighted by Crippen LogP contribution is -2.11. The van der Waals surface area contributed by atoms with Crippen LogP contribution in [0.4, 0.5) is 0 Å². The molecule has 0 unspecified atom stereocenters. The lowest BCUT2D eigenvalue weighted by atomic mass is 10.1. The monoisotopic (exact) mass is 196 g/mol. The molecule has 2 rings (SSSR count). The van der Waals surface area contributed by atoms with Crippen LogP contribution >= 0.6 is 22.0 Å². The van der Waals surface area contributed by atoms with Crippen LogP contribution in [0.2, 0.25) is 0 Å². The Kier molecular flexibility index (Phi) is 2.28. The Hall–Kier alpha value is -0.610. The van der Waals surface area contributed by atoms with E-state index in [9.17, 15) is 0 Å². The Morgan fingerprint density at radius 2 is 2.00 bits per heavy atom. The second-order valence-electron chi connectivity index (χ2n) is 2.57. The first-order valence-corrected chi connectivity index (χ1v) is 5.71. The van der Waals surface area contributed by atoms with Crippen LogP contribution in [-0.4, -0.2) is 5.84 Å². The van der Waals surface area contributed by atoms with E-state index in [2.05, 4.69) is 40.3 Å². The van der Waals surface area contributed by atoms with Crippen molar-refractivity contribution >= 4 is 27.8 Å². The molecule has 1 aliphatic heterocycles. The smallest absolute Gasteiger partial charge is 0.152 e. The second kappa shape index (κ2) is 3.41. The average Bonchev–Trinajstić information content (AvgIpc) is 2.58. The Balaban J connectivity index is 2.28. The van der Waals surface area contributed by atoms with Gasteiger partial charge >= 0.3 is 0 Å². The molecule has 1 heterocycles. The van der Waals surface area contributed by atoms with Gasteiger partial charge < -0.3 is 4.72 Å². The quantitative estimate of drug-likeness (QED) is 0.552. The maximum atomic E-state index is 4.22. The van der Waals surface area contributed by atoms with Gasteiger partial charge in [0, 0.05) is 16.5 Å². The minimum atomic E-state index is 0.963. The molecule has 0 saturated heterocycles. The molecule has 1 N–H and O–H groups in total. The van der Waals surface area contributed by atoms with Crippen molar-refractivity contribution in [2.24, 2.45) is 4.40 Å². The van der Waals surface area contributed by atoms with E-state index in [1.165, 1.54) is 16.5 Å². The van der Waals surface area contributed by atoms with Crippen LogP contribution in [0.25, 0.3) is 0 Å². The number of benzene rings is 1. The zero-order chi connectivity index (χ0) is 8.39. The van der Waals surface area contributed by atoms with Crippen molar-refractivity contribution in [2.75, 3.05) is 0 Å². The highest BCUT2D eigenvalue weighted by molar-refractivity contribution is 8.76. The number of nitrogens with one attached hydrogen (secondary N) is 1. The largest absolute Gasteiger partial charge is 0.303 e. The number of hydrogen-bond donors (Lipinski definition) is 1. The number of amidine groups is 1. The Morgan fingerprint density at radius 1 is 1.25 bits per heavy atom. The molecule has 2 nitrogen and oxygen atoms in total. The summed E-state index contributed by atoms with van der Waals surface area (Å²) < 4.78 is 7.34. The Morgan fingerprint density at radius 3 is 2.58 bits per heavy atom. The van der Waals surface area contributed by atoms with Crippen molar-refractivity contribution in [3.05, 3.63) is 35.4 Å². The molecule has 0 spiro atoms. The van der Waals surface area contributed by atoms with E-state index in [4.69, 9.17) is 0 Å². The fraction of sp³-hybridized carbons (Fsp3) is 0.125. The summed E-state index contributed by atoms with van der Waals surface area (Å²) in [5.41, 5.74) is 2.43. The van der Waals surface area contributed by atoms with Crippen molar-refractivity contribution in [1.82, 2.24) is 4.72 Å². The third-order valence-corrected chi connectivity index (χ3v) is 2.93. The van der Waals surface area contributed by atoms with Crippen molar-refractivity contribution in [2.45, 2.75) is 6.92 Å². The highest BCUT2D eigenvalue weighted by Crippen LogP contribution is 2.26. The van der Waals surface area contributed by atoms with Crippen molar-refractivity contribution in [1.29, 1.82) is 0 Å². The van der Waals surface area contributed by atoms with Crippen LogP contribution < -0.4 is 4.72 Å². The Bertz CT molecular complexity index is 305. The van der Waals surface area contributed by atoms with E-state index in [0.29, 0.717) is 0 Å². The van der Waals surface area contributed by atoms with Gasteiger partial charge in [0.1, 0.15) is 0 Å². The van der Waals surface area contributed by atoms with Crippen LogP contribution in [0.15, 0.2) is 28.7 Å². The number of nitrogens with zero attached hydrogens (tertiary/aromatic N) is 1. The summed E-state index contributed by atoms with van der Waals surface area (Å²) in [5.74, 6) is 0.963. The highest BCUT2D eigenvalue weighted by Gasteiger charge is 2.08. The van der Waals surface area contributed by atoms with E-state index in [1.54, 1.807) is 11.0 Å². The minimum Gasteiger partial charge on any atom is -0.303 e. The van der Waals surface area contributed by atoms with Gasteiger partial charge in [-0.05, 0) is 6.92 Å². The van der Waals surface area contributed by atoms with Gasteiger partial charge in [-0.1, -0.05) is 29.8 Å². The highest BCUT2D eigenvalue weighted by atomic mass is 33.1. The molecule has 0 fully saturated rings. The van der Waals surface area contributed by atoms with Gasteiger partial charge in [-0.15, -0.1) is 0 Å². The maximum absolute atomic E-state index is 4.22. The van der Waals surface area contributed by atoms with Crippen LogP contribution in [0.1, 0.15) is 11.1 Å². The van der Waals surface area contributed by atoms with Crippen LogP contribution in [-0.2, 0) is 0 Å². The lowest BCUT2D eigenvalue weighted by molar-refractivity contribution is 1.43. The van der Waals surface area contributed by atoms with Gasteiger partial charge in [-0.3, -0.25) is 0 Å². The first-order valence-electron chi connectivity index (χ1n) is 3.60. The molecule has 0 bridgehead atoms. The van der Waals surface area contributed by atoms with Gasteiger partial charge in [0.05, 0.1) is 11.0 Å². The van der Waals surface area contributed by atoms with Gasteiger partial charge in [0.2, 0.25) is 0 Å². The zero-order valence-corrected chi connectivity index (χ0v) is 8.21. The summed E-state index contributed by atoms with van der Waals surface area (Å²) in [4.78, 5) is 0. The van der Waals surface area contributed by atoms with Gasteiger partial charge in [0.25, 0.3) is 0 Å². The molecule has 1 aromatic carbocycles. The summed E-state index contributed by atoms with van der Waals surface area (Å²) in [7, 11) is 3.02. The van der Waals surface area contributed by atoms with Crippen LogP contribution in [0, 0.1) is 6.92 Å². The lowest BCUT2D eigenvalue weighted by Gasteiger charge is -1.99. The van der Waals surface area contributed by atoms with Crippen molar-refractivity contribution in [3.8, 4) is 0 Å². The molecule has 0 amide bonds. The molecule has 12 heavy (non-hydrogen) atoms. The van der Waals surface area contributed by atoms with Gasteiger partial charge in [-0.2, -0.15) is 4.40 Å². The molecule has 0 aliphatic carbocycles. The van der Waals surface area contributed by atoms with E-state index < -0.39 is 0 Å². The molecule has 0 aromatic heterocycles. The van der Waals surface area contributed by atoms with E-state index >= 15 is 0 Å². The topological polar surface area (TPSA) is 24.4 Å². The van der Waals surface area contributed by atoms with E-state index in [-0.39, 0.29) is 0 Å². The number of aryl methyl sites for hydroxylation is 1. The van der Waals surface area contributed by atoms with Gasteiger partial charge in [0.15, 0.2) is 5.84 Å². The third kappa shape index (κ3) is 1.59. The van der Waals surface area contributed by atoms with Crippen LogP contribution in [0.5, 0.6) is 0 Å². The first kappa shape index (κ1) is 8.01. The molecule has 4 heteroatoms. The minimum absolute atomic E-state index is 0.963. The van der Waals surface area contributed by atoms with Crippen molar-refractivity contribution < 1.29 is 0 Å². The zero-order valence-electron chi connectivity index (χ0n) is 6.57. The number of rotatable bonds is 1. The molecule has 1 aliphatic rings. The summed E-state index contributed by atoms with van der Waals surface area (Å²) in [6.45, 7) is 2.08. The summed E-state index contributed by atoms with van der Waals surface area (Å²) in [6, 6.07) is 8.33. The van der Waals surface area contributed by atoms with Crippen molar-refractivity contribution in [3.63, 3.8) is 0 Å². The first-order chi connectivity index (χ1) is 5.86. The van der Waals surface area contributed by atoms with Crippen LogP contribution in [0.3, 0.4) is 0 Å². The molecule has 62 valence electrons. The number of hydrogen-bond acceptors (Lipinski definition) is 4. The standard InChI is InChI=1S/C8H8N2S2/c1-6-2-4-7(5-3-6)8-9-11-12-10-8/h2-5H,1H3,(H,9,10). The predicted octanol–water partition coefficient (Wildman–Crippen LogP) is 2.56. The molecule has 1 aromatic rings. The summed E-state index contributed by atoms with van der Waals surface area (Å²) in [5, 5.41) is 0. The summed E-state index contributed by atoms with van der Waals surface area (Å²) in [6.07, 6.45) is 0. The average molecular weight is 196 g/mol. The summed E-state index contributed by atoms with van der Waals surface area (Å²) >= 11 is 0. The molecule has 0 radical (unpaired) electrons. The predicted molar refractivity (Wildman–Crippen MR) is 56.0 cm³/mol. The molecular weight excluding hydrogens is 188 g/mol. The van der Waals surface area contributed by atoms with E-state index in [1.807, 2.05) is 0 Å². The Labute approximate surface area is 79.5 Å². The molecule has 0 saturated carbocycles. The van der Waals surface area contributed by atoms with Gasteiger partial charge in [-0.25, -0.2) is 0 Å². The molecule has 0 atom stereocenters. The fourth-order valence-electron chi connectivity index (χ4n) is 0.956. The second-order valence-corrected chi connectivity index (χ2v) is 4.22. The fourth-order valence-corrected chi connectivity index (χ4v) is 2.24. The molecular formula is C8H8N2S2. The third-order valence-electron chi connectivity index (χ3n) is 1.63.